The lowest BCUT2D eigenvalue weighted by Crippen LogP contribution is -2.13. The van der Waals surface area contributed by atoms with Crippen molar-refractivity contribution in [2.75, 3.05) is 0 Å². The molecule has 2 aliphatic carbocycles. The second-order valence-corrected chi connectivity index (χ2v) is 9.56. The van der Waals surface area contributed by atoms with E-state index in [0.29, 0.717) is 0 Å². The van der Waals surface area contributed by atoms with Crippen molar-refractivity contribution >= 4 is 0 Å². The molecule has 2 rings (SSSR count). The zero-order chi connectivity index (χ0) is 19.9. The second kappa shape index (κ2) is 15.0. The first-order chi connectivity index (χ1) is 13.8. The Morgan fingerprint density at radius 1 is 0.571 bits per heavy atom. The van der Waals surface area contributed by atoms with Crippen LogP contribution in [0.25, 0.3) is 0 Å². The molecule has 0 heterocycles. The van der Waals surface area contributed by atoms with Crippen LogP contribution in [0.5, 0.6) is 0 Å². The lowest BCUT2D eigenvalue weighted by atomic mass is 9.79. The molecule has 0 aliphatic heterocycles. The molecule has 0 radical (unpaired) electrons. The first kappa shape index (κ1) is 23.3. The normalized spacial score (nSPS) is 28.5. The van der Waals surface area contributed by atoms with Gasteiger partial charge in [0.1, 0.15) is 0 Å². The highest BCUT2D eigenvalue weighted by molar-refractivity contribution is 5.24. The van der Waals surface area contributed by atoms with Crippen LogP contribution in [0.4, 0.5) is 0 Å². The average Bonchev–Trinajstić information content (AvgIpc) is 2.73. The summed E-state index contributed by atoms with van der Waals surface area (Å²) in [5.41, 5.74) is 0. The van der Waals surface area contributed by atoms with Crippen molar-refractivity contribution in [3.63, 3.8) is 0 Å². The van der Waals surface area contributed by atoms with Gasteiger partial charge in [0, 0.05) is 0 Å². The van der Waals surface area contributed by atoms with Crippen molar-refractivity contribution in [3.05, 3.63) is 24.3 Å². The van der Waals surface area contributed by atoms with Crippen LogP contribution in [0.3, 0.4) is 0 Å². The number of hydrogen-bond acceptors (Lipinski definition) is 0. The minimum absolute atomic E-state index is 0.781. The van der Waals surface area contributed by atoms with Crippen molar-refractivity contribution in [1.29, 1.82) is 0 Å². The van der Waals surface area contributed by atoms with Crippen LogP contribution in [-0.2, 0) is 0 Å². The molecule has 0 aromatic carbocycles. The molecule has 0 saturated heterocycles. The molecule has 28 heavy (non-hydrogen) atoms. The van der Waals surface area contributed by atoms with Crippen molar-refractivity contribution in [2.24, 2.45) is 23.7 Å². The summed E-state index contributed by atoms with van der Waals surface area (Å²) in [4.78, 5) is 0. The maximum Gasteiger partial charge on any atom is -0.0153 e. The fourth-order valence-corrected chi connectivity index (χ4v) is 5.25. The Hall–Kier alpha value is -0.960. The fourth-order valence-electron chi connectivity index (χ4n) is 5.25. The van der Waals surface area contributed by atoms with Crippen molar-refractivity contribution in [1.82, 2.24) is 0 Å². The van der Waals surface area contributed by atoms with Crippen LogP contribution in [0.2, 0.25) is 0 Å². The van der Waals surface area contributed by atoms with Gasteiger partial charge in [-0.2, -0.15) is 0 Å². The molecule has 0 aromatic heterocycles. The van der Waals surface area contributed by atoms with Gasteiger partial charge in [-0.1, -0.05) is 89.2 Å². The summed E-state index contributed by atoms with van der Waals surface area (Å²) in [7, 11) is 0. The molecule has 2 aliphatic rings. The predicted molar refractivity (Wildman–Crippen MR) is 125 cm³/mol. The minimum atomic E-state index is 0.781. The monoisotopic (exact) mass is 382 g/mol. The Labute approximate surface area is 176 Å². The van der Waals surface area contributed by atoms with Crippen LogP contribution in [0.15, 0.2) is 24.3 Å². The summed E-state index contributed by atoms with van der Waals surface area (Å²) in [6.07, 6.45) is 31.7. The first-order valence-electron chi connectivity index (χ1n) is 12.7. The van der Waals surface area contributed by atoms with E-state index in [1.165, 1.54) is 103 Å². The maximum absolute atomic E-state index is 3.25. The lowest BCUT2D eigenvalue weighted by molar-refractivity contribution is 0.288. The fraction of sp³-hybridized carbons (Fsp3) is 0.786. The highest BCUT2D eigenvalue weighted by Crippen LogP contribution is 2.33. The molecular formula is C28H46. The molecule has 0 atom stereocenters. The van der Waals surface area contributed by atoms with Crippen LogP contribution < -0.4 is 0 Å². The molecule has 0 N–H and O–H groups in total. The second-order valence-electron chi connectivity index (χ2n) is 9.56. The third kappa shape index (κ3) is 10.0. The van der Waals surface area contributed by atoms with Gasteiger partial charge in [0.15, 0.2) is 0 Å². The molecule has 2 fully saturated rings. The van der Waals surface area contributed by atoms with Crippen molar-refractivity contribution < 1.29 is 0 Å². The summed E-state index contributed by atoms with van der Waals surface area (Å²) < 4.78 is 0. The zero-order valence-corrected chi connectivity index (χ0v) is 18.9. The van der Waals surface area contributed by atoms with Crippen LogP contribution in [-0.4, -0.2) is 0 Å². The van der Waals surface area contributed by atoms with E-state index < -0.39 is 0 Å². The highest BCUT2D eigenvalue weighted by atomic mass is 14.2. The SMILES string of the molecule is CCCCCCCC1CCC(/C=C/C#C/C=C/C2CCC(CCC)CC2)CC1. The first-order valence-corrected chi connectivity index (χ1v) is 12.7. The van der Waals surface area contributed by atoms with Crippen molar-refractivity contribution in [2.45, 2.75) is 117 Å². The molecule has 0 heteroatoms. The van der Waals surface area contributed by atoms with Gasteiger partial charge in [0.25, 0.3) is 0 Å². The van der Waals surface area contributed by atoms with Crippen molar-refractivity contribution in [3.8, 4) is 11.8 Å². The van der Waals surface area contributed by atoms with E-state index in [1.807, 2.05) is 0 Å². The van der Waals surface area contributed by atoms with Gasteiger partial charge in [0.2, 0.25) is 0 Å². The highest BCUT2D eigenvalue weighted by Gasteiger charge is 2.19. The van der Waals surface area contributed by atoms with E-state index in [4.69, 9.17) is 0 Å². The molecule has 0 aromatic rings. The molecule has 0 bridgehead atoms. The smallest absolute Gasteiger partial charge is 0.0153 e. The molecule has 158 valence electrons. The quantitative estimate of drug-likeness (QED) is 0.261. The largest absolute Gasteiger partial charge is 0.0730 e. The predicted octanol–water partition coefficient (Wildman–Crippen LogP) is 8.88. The van der Waals surface area contributed by atoms with Gasteiger partial charge in [-0.15, -0.1) is 0 Å². The van der Waals surface area contributed by atoms with E-state index >= 15 is 0 Å². The molecule has 0 spiro atoms. The van der Waals surface area contributed by atoms with Gasteiger partial charge in [-0.3, -0.25) is 0 Å². The number of hydrogen-bond donors (Lipinski definition) is 0. The maximum atomic E-state index is 3.25. The van der Waals surface area contributed by atoms with E-state index in [9.17, 15) is 0 Å². The Bertz CT molecular complexity index is 484. The van der Waals surface area contributed by atoms with Crippen LogP contribution >= 0.6 is 0 Å². The summed E-state index contributed by atoms with van der Waals surface area (Å²) in [5, 5.41) is 0. The lowest BCUT2D eigenvalue weighted by Gasteiger charge is -2.26. The van der Waals surface area contributed by atoms with Crippen LogP contribution in [0, 0.1) is 35.5 Å². The Balaban J connectivity index is 1.54. The topological polar surface area (TPSA) is 0 Å². The standard InChI is InChI=1S/C28H46/c1-3-5-6-7-10-14-27-21-23-28(24-22-27)16-12-9-8-11-15-26-19-17-25(13-4-2)18-20-26/h11-12,15-16,25-28H,3-7,10,13-14,17-24H2,1-2H3/b15-11+,16-12+. The average molecular weight is 383 g/mol. The number of unbranched alkanes of at least 4 members (excludes halogenated alkanes) is 4. The summed E-state index contributed by atoms with van der Waals surface area (Å²) in [6, 6.07) is 0. The molecule has 0 amide bonds. The van der Waals surface area contributed by atoms with E-state index in [-0.39, 0.29) is 0 Å². The van der Waals surface area contributed by atoms with E-state index in [0.717, 1.165) is 23.7 Å². The third-order valence-corrected chi connectivity index (χ3v) is 7.18. The molecule has 0 nitrogen and oxygen atoms in total. The molecule has 0 unspecified atom stereocenters. The molecule has 2 saturated carbocycles. The van der Waals surface area contributed by atoms with Gasteiger partial charge in [-0.05, 0) is 87.2 Å². The zero-order valence-electron chi connectivity index (χ0n) is 18.9. The van der Waals surface area contributed by atoms with Gasteiger partial charge >= 0.3 is 0 Å². The summed E-state index contributed by atoms with van der Waals surface area (Å²) >= 11 is 0. The Morgan fingerprint density at radius 3 is 1.57 bits per heavy atom. The van der Waals surface area contributed by atoms with Gasteiger partial charge in [0.05, 0.1) is 0 Å². The summed E-state index contributed by atoms with van der Waals surface area (Å²) in [6.45, 7) is 4.62. The summed E-state index contributed by atoms with van der Waals surface area (Å²) in [5.74, 6) is 10.1. The van der Waals surface area contributed by atoms with E-state index in [2.05, 4.69) is 50.0 Å². The van der Waals surface area contributed by atoms with E-state index in [1.54, 1.807) is 0 Å². The van der Waals surface area contributed by atoms with Gasteiger partial charge < -0.3 is 0 Å². The van der Waals surface area contributed by atoms with Crippen LogP contribution in [0.1, 0.15) is 117 Å². The Kier molecular flexibility index (Phi) is 12.5. The van der Waals surface area contributed by atoms with Gasteiger partial charge in [-0.25, -0.2) is 0 Å². The molecular weight excluding hydrogens is 336 g/mol. The number of allylic oxidation sites excluding steroid dienone is 4. The third-order valence-electron chi connectivity index (χ3n) is 7.18. The Morgan fingerprint density at radius 2 is 1.07 bits per heavy atom. The number of rotatable bonds is 10. The minimum Gasteiger partial charge on any atom is -0.0730 e.